The molecule has 0 radical (unpaired) electrons. The molecule has 0 aliphatic heterocycles. The van der Waals surface area contributed by atoms with Crippen LogP contribution in [0, 0.1) is 23.0 Å². The monoisotopic (exact) mass is 525 g/mol. The Hall–Kier alpha value is -4.48. The predicted octanol–water partition coefficient (Wildman–Crippen LogP) is 4.18. The predicted molar refractivity (Wildman–Crippen MR) is 139 cm³/mol. The number of aromatic nitrogens is 3. The Bertz CT molecular complexity index is 1320. The van der Waals surface area contributed by atoms with Crippen molar-refractivity contribution in [3.63, 3.8) is 0 Å². The number of esters is 2. The number of nitro groups is 1. The third-order valence-electron chi connectivity index (χ3n) is 5.87. The van der Waals surface area contributed by atoms with E-state index in [9.17, 15) is 19.7 Å². The second kappa shape index (κ2) is 12.7. The topological polar surface area (TPSA) is 148 Å². The summed E-state index contributed by atoms with van der Waals surface area (Å²) < 4.78 is 17.2. The number of ether oxygens (including phenoxy) is 3. The van der Waals surface area contributed by atoms with Gasteiger partial charge in [0.25, 0.3) is 5.69 Å². The van der Waals surface area contributed by atoms with Crippen LogP contribution in [0.5, 0.6) is 5.88 Å². The molecule has 202 valence electrons. The lowest BCUT2D eigenvalue weighted by molar-refractivity contribution is -0.384. The first-order chi connectivity index (χ1) is 18.1. The average molecular weight is 526 g/mol. The Morgan fingerprint density at radius 2 is 1.84 bits per heavy atom. The summed E-state index contributed by atoms with van der Waals surface area (Å²) in [4.78, 5) is 39.2. The molecule has 0 aliphatic carbocycles. The van der Waals surface area contributed by atoms with Gasteiger partial charge in [0.05, 0.1) is 54.3 Å². The van der Waals surface area contributed by atoms with Gasteiger partial charge in [0.15, 0.2) is 0 Å². The van der Waals surface area contributed by atoms with Crippen LogP contribution in [0.3, 0.4) is 0 Å². The van der Waals surface area contributed by atoms with E-state index < -0.39 is 16.9 Å². The van der Waals surface area contributed by atoms with E-state index in [2.05, 4.69) is 15.4 Å². The molecular weight excluding hydrogens is 494 g/mol. The van der Waals surface area contributed by atoms with E-state index in [1.807, 2.05) is 6.92 Å². The summed E-state index contributed by atoms with van der Waals surface area (Å²) in [5.74, 6) is -0.329. The standard InChI is InChI=1S/C26H31N5O7/c1-16(14-27-22-12-18(25(32)36-4)8-9-23(22)31(34)35)7-6-10-38-24-20(15-28-30(24)3)21-13-19(26(33)37-5)11-17(2)29-21/h8-9,11-13,15-16,27H,6-7,10,14H2,1-5H3/t16-/m1/s1. The second-order valence-corrected chi connectivity index (χ2v) is 8.82. The molecule has 3 rings (SSSR count). The molecule has 0 aliphatic rings. The molecule has 0 spiro atoms. The highest BCUT2D eigenvalue weighted by molar-refractivity contribution is 5.92. The van der Waals surface area contributed by atoms with Crippen molar-refractivity contribution >= 4 is 23.3 Å². The zero-order chi connectivity index (χ0) is 27.8. The van der Waals surface area contributed by atoms with Crippen LogP contribution in [0.1, 0.15) is 46.2 Å². The highest BCUT2D eigenvalue weighted by Crippen LogP contribution is 2.30. The molecule has 12 nitrogen and oxygen atoms in total. The number of methoxy groups -OCH3 is 2. The van der Waals surface area contributed by atoms with Crippen molar-refractivity contribution in [3.05, 3.63) is 63.5 Å². The molecule has 0 amide bonds. The van der Waals surface area contributed by atoms with Crippen LogP contribution in [0.25, 0.3) is 11.3 Å². The number of carbonyl (C=O) groups is 2. The van der Waals surface area contributed by atoms with Gasteiger partial charge in [-0.25, -0.2) is 14.3 Å². The normalized spacial score (nSPS) is 11.5. The zero-order valence-electron chi connectivity index (χ0n) is 22.0. The molecule has 2 aromatic heterocycles. The van der Waals surface area contributed by atoms with E-state index in [0.29, 0.717) is 48.0 Å². The number of hydrogen-bond acceptors (Lipinski definition) is 10. The van der Waals surface area contributed by atoms with Gasteiger partial charge in [-0.3, -0.25) is 15.1 Å². The van der Waals surface area contributed by atoms with Crippen molar-refractivity contribution in [1.29, 1.82) is 0 Å². The molecule has 3 aromatic rings. The van der Waals surface area contributed by atoms with Crippen molar-refractivity contribution in [3.8, 4) is 17.1 Å². The number of nitrogens with one attached hydrogen (secondary N) is 1. The Morgan fingerprint density at radius 3 is 2.53 bits per heavy atom. The molecule has 0 unspecified atom stereocenters. The van der Waals surface area contributed by atoms with Crippen molar-refractivity contribution in [1.82, 2.24) is 14.8 Å². The van der Waals surface area contributed by atoms with Gasteiger partial charge in [0.2, 0.25) is 5.88 Å². The van der Waals surface area contributed by atoms with E-state index in [1.54, 1.807) is 37.0 Å². The molecule has 1 aromatic carbocycles. The number of hydrogen-bond donors (Lipinski definition) is 1. The molecule has 1 atom stereocenters. The van der Waals surface area contributed by atoms with Crippen LogP contribution in [0.15, 0.2) is 36.5 Å². The lowest BCUT2D eigenvalue weighted by Crippen LogP contribution is -2.14. The van der Waals surface area contributed by atoms with E-state index in [-0.39, 0.29) is 22.9 Å². The van der Waals surface area contributed by atoms with Crippen LogP contribution >= 0.6 is 0 Å². The maximum absolute atomic E-state index is 12.0. The fourth-order valence-corrected chi connectivity index (χ4v) is 3.88. The van der Waals surface area contributed by atoms with E-state index >= 15 is 0 Å². The smallest absolute Gasteiger partial charge is 0.337 e. The third kappa shape index (κ3) is 6.84. The highest BCUT2D eigenvalue weighted by Gasteiger charge is 2.19. The minimum absolute atomic E-state index is 0.114. The van der Waals surface area contributed by atoms with Gasteiger partial charge >= 0.3 is 11.9 Å². The average Bonchev–Trinajstić information content (AvgIpc) is 3.28. The summed E-state index contributed by atoms with van der Waals surface area (Å²) in [7, 11) is 4.35. The first-order valence-electron chi connectivity index (χ1n) is 12.0. The Morgan fingerprint density at radius 1 is 1.13 bits per heavy atom. The van der Waals surface area contributed by atoms with E-state index in [4.69, 9.17) is 14.2 Å². The van der Waals surface area contributed by atoms with E-state index in [1.165, 1.54) is 32.4 Å². The van der Waals surface area contributed by atoms with Crippen LogP contribution in [0.2, 0.25) is 0 Å². The number of benzene rings is 1. The Labute approximate surface area is 220 Å². The van der Waals surface area contributed by atoms with Crippen LogP contribution in [0.4, 0.5) is 11.4 Å². The summed E-state index contributed by atoms with van der Waals surface area (Å²) in [5, 5.41) is 18.7. The molecule has 0 fully saturated rings. The molecule has 38 heavy (non-hydrogen) atoms. The summed E-state index contributed by atoms with van der Waals surface area (Å²) in [6, 6.07) is 7.38. The van der Waals surface area contributed by atoms with Gasteiger partial charge in [-0.05, 0) is 49.9 Å². The first-order valence-corrected chi connectivity index (χ1v) is 12.0. The molecular formula is C26H31N5O7. The number of pyridine rings is 1. The maximum atomic E-state index is 12.0. The molecule has 0 bridgehead atoms. The maximum Gasteiger partial charge on any atom is 0.337 e. The number of rotatable bonds is 12. The third-order valence-corrected chi connectivity index (χ3v) is 5.87. The highest BCUT2D eigenvalue weighted by atomic mass is 16.6. The van der Waals surface area contributed by atoms with Gasteiger partial charge in [-0.2, -0.15) is 5.10 Å². The van der Waals surface area contributed by atoms with Crippen molar-refractivity contribution < 1.29 is 28.7 Å². The fraction of sp³-hybridized carbons (Fsp3) is 0.385. The number of carbonyl (C=O) groups excluding carboxylic acids is 2. The van der Waals surface area contributed by atoms with Gasteiger partial charge in [0.1, 0.15) is 5.69 Å². The van der Waals surface area contributed by atoms with Crippen LogP contribution in [-0.4, -0.2) is 59.0 Å². The summed E-state index contributed by atoms with van der Waals surface area (Å²) in [6.07, 6.45) is 3.13. The fourth-order valence-electron chi connectivity index (χ4n) is 3.88. The second-order valence-electron chi connectivity index (χ2n) is 8.82. The van der Waals surface area contributed by atoms with Crippen molar-refractivity contribution in [2.24, 2.45) is 13.0 Å². The Balaban J connectivity index is 1.59. The summed E-state index contributed by atoms with van der Waals surface area (Å²) >= 11 is 0. The zero-order valence-corrected chi connectivity index (χ0v) is 22.0. The quantitative estimate of drug-likeness (QED) is 0.158. The lowest BCUT2D eigenvalue weighted by Gasteiger charge is -2.15. The largest absolute Gasteiger partial charge is 0.477 e. The van der Waals surface area contributed by atoms with Crippen LogP contribution in [-0.2, 0) is 16.5 Å². The number of aryl methyl sites for hydroxylation is 2. The van der Waals surface area contributed by atoms with Gasteiger partial charge in [-0.15, -0.1) is 0 Å². The molecule has 2 heterocycles. The molecule has 12 heteroatoms. The minimum Gasteiger partial charge on any atom is -0.477 e. The van der Waals surface area contributed by atoms with Crippen molar-refractivity contribution in [2.45, 2.75) is 26.7 Å². The minimum atomic E-state index is -0.565. The Kier molecular flexibility index (Phi) is 9.36. The summed E-state index contributed by atoms with van der Waals surface area (Å²) in [5.41, 5.74) is 2.65. The molecule has 0 saturated heterocycles. The lowest BCUT2D eigenvalue weighted by atomic mass is 10.1. The van der Waals surface area contributed by atoms with Gasteiger partial charge in [0, 0.05) is 25.4 Å². The van der Waals surface area contributed by atoms with Crippen molar-refractivity contribution in [2.75, 3.05) is 32.7 Å². The van der Waals surface area contributed by atoms with E-state index in [0.717, 1.165) is 6.42 Å². The number of nitrogens with zero attached hydrogens (tertiary/aromatic N) is 4. The number of anilines is 1. The molecule has 1 N–H and O–H groups in total. The number of nitro benzene ring substituents is 1. The SMILES string of the molecule is COC(=O)c1cc(C)nc(-c2cnn(C)c2OCCC[C@@H](C)CNc2cc(C(=O)OC)ccc2[N+](=O)[O-])c1. The van der Waals surface area contributed by atoms with Crippen LogP contribution < -0.4 is 10.1 Å². The summed E-state index contributed by atoms with van der Waals surface area (Å²) in [6.45, 7) is 4.68. The van der Waals surface area contributed by atoms with Gasteiger partial charge < -0.3 is 19.5 Å². The van der Waals surface area contributed by atoms with Gasteiger partial charge in [-0.1, -0.05) is 6.92 Å². The first kappa shape index (κ1) is 28.1. The molecule has 0 saturated carbocycles.